The average molecular weight is 375 g/mol. The van der Waals surface area contributed by atoms with Crippen molar-refractivity contribution in [3.05, 3.63) is 0 Å². The zero-order valence-corrected chi connectivity index (χ0v) is 16.3. The minimum atomic E-state index is 0.0399. The molecule has 26 heavy (non-hydrogen) atoms. The Balaban J connectivity index is 1.87. The quantitative estimate of drug-likeness (QED) is 0.463. The lowest BCUT2D eigenvalue weighted by Crippen LogP contribution is -2.15. The topological polar surface area (TPSA) is 55.4 Å². The van der Waals surface area contributed by atoms with Gasteiger partial charge in [-0.25, -0.2) is 9.78 Å². The van der Waals surface area contributed by atoms with Crippen molar-refractivity contribution in [1.29, 1.82) is 0 Å². The summed E-state index contributed by atoms with van der Waals surface area (Å²) in [5.74, 6) is 0.706. The Kier molecular flexibility index (Phi) is 13.4. The van der Waals surface area contributed by atoms with E-state index in [9.17, 15) is 0 Å². The fourth-order valence-electron chi connectivity index (χ4n) is 4.06. The van der Waals surface area contributed by atoms with Gasteiger partial charge in [0.1, 0.15) is 0 Å². The van der Waals surface area contributed by atoms with Crippen molar-refractivity contribution in [3.8, 4) is 0 Å². The first-order chi connectivity index (χ1) is 12.9. The van der Waals surface area contributed by atoms with E-state index < -0.39 is 0 Å². The lowest BCUT2D eigenvalue weighted by molar-refractivity contribution is -0.760. The molecule has 6 heteroatoms. The van der Waals surface area contributed by atoms with Gasteiger partial charge in [-0.3, -0.25) is 0 Å². The molecule has 0 aromatic heterocycles. The van der Waals surface area contributed by atoms with Gasteiger partial charge in [-0.05, 0) is 45.3 Å². The Morgan fingerprint density at radius 2 is 0.923 bits per heavy atom. The lowest BCUT2D eigenvalue weighted by atomic mass is 9.91. The van der Waals surface area contributed by atoms with E-state index in [1.165, 1.54) is 77.0 Å². The van der Waals surface area contributed by atoms with Crippen molar-refractivity contribution in [2.75, 3.05) is 6.61 Å². The number of hydrogen-bond acceptors (Lipinski definition) is 6. The van der Waals surface area contributed by atoms with Crippen LogP contribution in [-0.2, 0) is 29.9 Å². The summed E-state index contributed by atoms with van der Waals surface area (Å²) in [5, 5.41) is 18.0. The molecule has 1 aliphatic carbocycles. The Hall–Kier alpha value is -0.240. The highest BCUT2D eigenvalue weighted by molar-refractivity contribution is 4.62. The van der Waals surface area contributed by atoms with Gasteiger partial charge in [0.25, 0.3) is 0 Å². The van der Waals surface area contributed by atoms with E-state index >= 15 is 0 Å². The molecular formula is C20H38O6. The predicted octanol–water partition coefficient (Wildman–Crippen LogP) is 6.30. The molecule has 3 aliphatic rings. The van der Waals surface area contributed by atoms with Crippen LogP contribution in [0, 0.1) is 5.92 Å². The molecule has 2 aliphatic heterocycles. The van der Waals surface area contributed by atoms with Crippen LogP contribution in [0.1, 0.15) is 109 Å². The summed E-state index contributed by atoms with van der Waals surface area (Å²) in [7, 11) is 0. The van der Waals surface area contributed by atoms with Crippen LogP contribution >= 0.6 is 0 Å². The van der Waals surface area contributed by atoms with Crippen LogP contribution in [0.5, 0.6) is 0 Å². The third kappa shape index (κ3) is 11.5. The van der Waals surface area contributed by atoms with Crippen molar-refractivity contribution in [3.63, 3.8) is 0 Å². The Morgan fingerprint density at radius 1 is 0.423 bits per heavy atom. The lowest BCUT2D eigenvalue weighted by Gasteiger charge is -2.18. The number of rotatable bonds is 0. The van der Waals surface area contributed by atoms with Crippen LogP contribution in [0.2, 0.25) is 0 Å². The monoisotopic (exact) mass is 374 g/mol. The van der Waals surface area contributed by atoms with Gasteiger partial charge in [0.15, 0.2) is 0 Å². The molecule has 0 aromatic rings. The highest BCUT2D eigenvalue weighted by atomic mass is 17.8. The molecule has 2 bridgehead atoms. The smallest absolute Gasteiger partial charge is 0.0962 e. The Bertz CT molecular complexity index is 237. The fraction of sp³-hybridized carbons (Fsp3) is 1.00. The number of hydrogen-bond donors (Lipinski definition) is 0. The summed E-state index contributed by atoms with van der Waals surface area (Å²) in [6, 6.07) is 0. The van der Waals surface area contributed by atoms with Gasteiger partial charge in [-0.15, -0.1) is 0 Å². The van der Waals surface area contributed by atoms with E-state index in [4.69, 9.17) is 9.78 Å². The summed E-state index contributed by atoms with van der Waals surface area (Å²) in [6.07, 6.45) is 21.1. The molecule has 0 N–H and O–H groups in total. The summed E-state index contributed by atoms with van der Waals surface area (Å²) in [5.41, 5.74) is 0. The van der Waals surface area contributed by atoms with Crippen LogP contribution in [0.15, 0.2) is 0 Å². The molecule has 0 radical (unpaired) electrons. The van der Waals surface area contributed by atoms with E-state index in [1.54, 1.807) is 0 Å². The maximum Gasteiger partial charge on any atom is 0.0962 e. The van der Waals surface area contributed by atoms with Gasteiger partial charge in [-0.2, -0.15) is 0 Å². The third-order valence-electron chi connectivity index (χ3n) is 5.69. The molecule has 0 unspecified atom stereocenters. The first-order valence-electron chi connectivity index (χ1n) is 10.9. The maximum absolute atomic E-state index is 5.34. The molecule has 0 spiro atoms. The van der Waals surface area contributed by atoms with Crippen LogP contribution in [0.3, 0.4) is 0 Å². The van der Waals surface area contributed by atoms with Gasteiger partial charge in [0.2, 0.25) is 0 Å². The third-order valence-corrected chi connectivity index (χ3v) is 5.69. The largest absolute Gasteiger partial charge is 0.204 e. The summed E-state index contributed by atoms with van der Waals surface area (Å²) < 4.78 is 0. The summed E-state index contributed by atoms with van der Waals surface area (Å²) in [6.45, 7) is 0.498. The number of fused-ring (bicyclic) bond motifs is 21. The van der Waals surface area contributed by atoms with Crippen LogP contribution < -0.4 is 0 Å². The second-order valence-electron chi connectivity index (χ2n) is 7.86. The van der Waals surface area contributed by atoms with Gasteiger partial charge in [-0.1, -0.05) is 89.9 Å². The SMILES string of the molecule is C1CCCCC2CCCCCCCCC(CCC1)CCOOOOOO2. The zero-order valence-electron chi connectivity index (χ0n) is 16.3. The second kappa shape index (κ2) is 15.8. The molecule has 2 saturated heterocycles. The van der Waals surface area contributed by atoms with Gasteiger partial charge >= 0.3 is 0 Å². The van der Waals surface area contributed by atoms with Crippen molar-refractivity contribution >= 4 is 0 Å². The molecule has 3 fully saturated rings. The van der Waals surface area contributed by atoms with Crippen molar-refractivity contribution in [2.24, 2.45) is 5.92 Å². The summed E-state index contributed by atoms with van der Waals surface area (Å²) in [4.78, 5) is 10.4. The predicted molar refractivity (Wildman–Crippen MR) is 97.1 cm³/mol. The first-order valence-corrected chi connectivity index (χ1v) is 10.9. The normalized spacial score (nSPS) is 30.5. The average Bonchev–Trinajstić information content (AvgIpc) is 2.65. The van der Waals surface area contributed by atoms with E-state index in [2.05, 4.69) is 20.2 Å². The first kappa shape index (κ1) is 22.1. The molecule has 6 nitrogen and oxygen atoms in total. The second-order valence-corrected chi connectivity index (χ2v) is 7.86. The summed E-state index contributed by atoms with van der Waals surface area (Å²) >= 11 is 0. The van der Waals surface area contributed by atoms with E-state index in [1.807, 2.05) is 0 Å². The van der Waals surface area contributed by atoms with E-state index in [0.717, 1.165) is 32.1 Å². The molecule has 2 heterocycles. The van der Waals surface area contributed by atoms with Crippen LogP contribution in [0.25, 0.3) is 0 Å². The van der Waals surface area contributed by atoms with Crippen molar-refractivity contribution in [2.45, 2.75) is 115 Å². The highest BCUT2D eigenvalue weighted by Gasteiger charge is 2.13. The van der Waals surface area contributed by atoms with Gasteiger partial charge in [0.05, 0.1) is 12.7 Å². The van der Waals surface area contributed by atoms with Crippen molar-refractivity contribution < 1.29 is 29.9 Å². The minimum Gasteiger partial charge on any atom is -0.204 e. The maximum atomic E-state index is 5.34. The Morgan fingerprint density at radius 3 is 1.54 bits per heavy atom. The standard InChI is InChI=1S/C20H38O6/c1-3-7-11-15-20-16-12-8-4-2-6-10-14-19(13-9-5-1)17-18-21-23-25-26-24-22-20/h19-20H,1-18H2. The van der Waals surface area contributed by atoms with E-state index in [0.29, 0.717) is 12.5 Å². The minimum absolute atomic E-state index is 0.0399. The van der Waals surface area contributed by atoms with Gasteiger partial charge < -0.3 is 0 Å². The van der Waals surface area contributed by atoms with Gasteiger partial charge in [0, 0.05) is 0 Å². The van der Waals surface area contributed by atoms with E-state index in [-0.39, 0.29) is 6.10 Å². The molecule has 3 rings (SSSR count). The zero-order chi connectivity index (χ0) is 18.1. The molecule has 0 amide bonds. The fourth-order valence-corrected chi connectivity index (χ4v) is 4.06. The van der Waals surface area contributed by atoms with Crippen LogP contribution in [0.4, 0.5) is 0 Å². The highest BCUT2D eigenvalue weighted by Crippen LogP contribution is 2.23. The molecule has 1 saturated carbocycles. The Labute approximate surface area is 158 Å². The molecule has 154 valence electrons. The molecular weight excluding hydrogens is 336 g/mol. The van der Waals surface area contributed by atoms with Crippen molar-refractivity contribution in [1.82, 2.24) is 0 Å². The van der Waals surface area contributed by atoms with Crippen LogP contribution in [-0.4, -0.2) is 12.7 Å². The molecule has 0 atom stereocenters. The molecule has 0 aromatic carbocycles.